The van der Waals surface area contributed by atoms with Gasteiger partial charge in [-0.1, -0.05) is 316 Å². The lowest BCUT2D eigenvalue weighted by Crippen LogP contribution is -2.87. The number of hydrogen-bond donors (Lipinski definition) is 0. The van der Waals surface area contributed by atoms with Crippen LogP contribution in [0, 0.1) is 0 Å². The van der Waals surface area contributed by atoms with Gasteiger partial charge < -0.3 is 14.7 Å². The molecule has 2 aliphatic rings. The molecule has 2 aliphatic heterocycles. The van der Waals surface area contributed by atoms with Gasteiger partial charge >= 0.3 is 0 Å². The third-order valence-electron chi connectivity index (χ3n) is 20.6. The molecule has 0 atom stereocenters. The van der Waals surface area contributed by atoms with E-state index in [4.69, 9.17) is 0 Å². The molecule has 12 aromatic carbocycles. The Hall–Kier alpha value is -9.68. The Bertz CT molecular complexity index is 4620. The number of benzene rings is 12. The monoisotopic (exact) mass is 1280 g/mol. The molecule has 3 nitrogen and oxygen atoms in total. The summed E-state index contributed by atoms with van der Waals surface area (Å²) in [6.45, 7) is 34.7. The van der Waals surface area contributed by atoms with Crippen LogP contribution in [0.15, 0.2) is 285 Å². The third-order valence-corrected chi connectivity index (χ3v) is 25.5. The zero-order valence-electron chi connectivity index (χ0n) is 59.6. The van der Waals surface area contributed by atoms with Crippen LogP contribution < -0.4 is 51.8 Å². The first-order chi connectivity index (χ1) is 46.3. The normalized spacial score (nSPS) is 13.6. The molecule has 14 rings (SSSR count). The summed E-state index contributed by atoms with van der Waals surface area (Å²) in [6, 6.07) is 110. The smallest absolute Gasteiger partial charge is 0.246 e. The molecule has 2 heterocycles. The van der Waals surface area contributed by atoms with Gasteiger partial charge in [0.25, 0.3) is 0 Å². The molecular formula is C92H92BN3Si. The molecule has 0 unspecified atom stereocenters. The maximum absolute atomic E-state index is 3.41. The molecule has 0 aliphatic carbocycles. The van der Waals surface area contributed by atoms with Crippen molar-refractivity contribution in [2.45, 2.75) is 131 Å². The highest BCUT2D eigenvalue weighted by atomic mass is 28.3. The van der Waals surface area contributed by atoms with E-state index < -0.39 is 8.07 Å². The van der Waals surface area contributed by atoms with E-state index in [-0.39, 0.29) is 33.8 Å². The average molecular weight is 1280 g/mol. The summed E-state index contributed by atoms with van der Waals surface area (Å²) in [4.78, 5) is 7.74. The quantitative estimate of drug-likeness (QED) is 0.120. The molecular weight excluding hydrogens is 1190 g/mol. The first-order valence-corrected chi connectivity index (χ1v) is 36.9. The van der Waals surface area contributed by atoms with Crippen LogP contribution in [0.2, 0.25) is 0 Å². The predicted octanol–water partition coefficient (Wildman–Crippen LogP) is 20.4. The van der Waals surface area contributed by atoms with Crippen molar-refractivity contribution < 1.29 is 0 Å². The van der Waals surface area contributed by atoms with Crippen molar-refractivity contribution >= 4 is 103 Å². The summed E-state index contributed by atoms with van der Waals surface area (Å²) in [5.74, 6) is 0. The van der Waals surface area contributed by atoms with Crippen molar-refractivity contribution in [3.05, 3.63) is 313 Å². The first kappa shape index (κ1) is 64.7. The van der Waals surface area contributed by atoms with Gasteiger partial charge in [0.05, 0.1) is 5.69 Å². The molecule has 97 heavy (non-hydrogen) atoms. The lowest BCUT2D eigenvalue weighted by Gasteiger charge is -2.49. The van der Waals surface area contributed by atoms with Crippen molar-refractivity contribution in [2.75, 3.05) is 14.7 Å². The molecule has 0 fully saturated rings. The Morgan fingerprint density at radius 1 is 0.278 bits per heavy atom. The second kappa shape index (κ2) is 24.4. The van der Waals surface area contributed by atoms with Gasteiger partial charge in [-0.3, -0.25) is 0 Å². The fourth-order valence-electron chi connectivity index (χ4n) is 15.2. The summed E-state index contributed by atoms with van der Waals surface area (Å²) in [5, 5.41) is 5.54. The third kappa shape index (κ3) is 11.8. The highest BCUT2D eigenvalue weighted by Gasteiger charge is 2.54. The molecule has 5 heteroatoms. The van der Waals surface area contributed by atoms with E-state index in [1.165, 1.54) is 81.8 Å². The molecule has 0 saturated heterocycles. The number of anilines is 9. The minimum Gasteiger partial charge on any atom is -0.311 e. The Morgan fingerprint density at radius 3 is 0.990 bits per heavy atom. The van der Waals surface area contributed by atoms with Gasteiger partial charge in [0, 0.05) is 56.6 Å². The van der Waals surface area contributed by atoms with Crippen molar-refractivity contribution in [2.24, 2.45) is 0 Å². The Labute approximate surface area is 580 Å². The van der Waals surface area contributed by atoms with Crippen LogP contribution in [0.25, 0.3) is 22.3 Å². The minimum atomic E-state index is -3.41. The number of nitrogens with zero attached hydrogens (tertiary/aromatic N) is 3. The molecule has 0 bridgehead atoms. The van der Waals surface area contributed by atoms with E-state index in [0.29, 0.717) is 0 Å². The van der Waals surface area contributed by atoms with Crippen LogP contribution in [0.4, 0.5) is 51.2 Å². The SMILES string of the molecule is CC(C)(C)c1ccc(N(c2ccc(C(C)(C)C)cc2)c2ccc3c(c2)N(c2c(-c4ccccc4)cccc2-c2ccccc2)c2cc(C(C)(C)C)cc4c2B3c2ccc(N(c3ccc(C(C)(C)C)cc3)c3ccc(C(C)(C)C)cc3)cc2[Si]4(c2ccccc2)c2ccccc2)cc1. The average Bonchev–Trinajstić information content (AvgIpc) is 0.673. The van der Waals surface area contributed by atoms with E-state index in [1.54, 1.807) is 0 Å². The summed E-state index contributed by atoms with van der Waals surface area (Å²) < 4.78 is 0. The Kier molecular flexibility index (Phi) is 16.3. The molecule has 0 radical (unpaired) electrons. The van der Waals surface area contributed by atoms with Crippen LogP contribution in [0.5, 0.6) is 0 Å². The second-order valence-corrected chi connectivity index (χ2v) is 36.0. The fourth-order valence-corrected chi connectivity index (χ4v) is 20.5. The molecule has 0 aromatic heterocycles. The number of para-hydroxylation sites is 1. The van der Waals surface area contributed by atoms with Gasteiger partial charge in [0.2, 0.25) is 6.71 Å². The summed E-state index contributed by atoms with van der Waals surface area (Å²) in [6.07, 6.45) is 0. The number of rotatable bonds is 11. The number of hydrogen-bond acceptors (Lipinski definition) is 3. The zero-order chi connectivity index (χ0) is 68.0. The van der Waals surface area contributed by atoms with E-state index in [2.05, 4.69) is 404 Å². The van der Waals surface area contributed by atoms with E-state index >= 15 is 0 Å². The van der Waals surface area contributed by atoms with Crippen molar-refractivity contribution in [3.8, 4) is 22.3 Å². The zero-order valence-corrected chi connectivity index (χ0v) is 60.6. The van der Waals surface area contributed by atoms with Gasteiger partial charge in [-0.25, -0.2) is 0 Å². The Morgan fingerprint density at radius 2 is 0.619 bits per heavy atom. The highest BCUT2D eigenvalue weighted by molar-refractivity contribution is 7.26. The van der Waals surface area contributed by atoms with E-state index in [9.17, 15) is 0 Å². The molecule has 482 valence electrons. The maximum Gasteiger partial charge on any atom is 0.246 e. The summed E-state index contributed by atoms with van der Waals surface area (Å²) in [7, 11) is -3.41. The van der Waals surface area contributed by atoms with Gasteiger partial charge in [0.15, 0.2) is 8.07 Å². The van der Waals surface area contributed by atoms with Crippen molar-refractivity contribution in [3.63, 3.8) is 0 Å². The van der Waals surface area contributed by atoms with Gasteiger partial charge in [0.1, 0.15) is 0 Å². The molecule has 0 spiro atoms. The molecule has 0 amide bonds. The van der Waals surface area contributed by atoms with Gasteiger partial charge in [-0.05, 0) is 177 Å². The largest absolute Gasteiger partial charge is 0.311 e. The molecule has 0 N–H and O–H groups in total. The van der Waals surface area contributed by atoms with E-state index in [0.717, 1.165) is 56.6 Å². The van der Waals surface area contributed by atoms with Crippen LogP contribution in [0.1, 0.15) is 132 Å². The summed E-state index contributed by atoms with van der Waals surface area (Å²) >= 11 is 0. The lowest BCUT2D eigenvalue weighted by atomic mass is 9.34. The minimum absolute atomic E-state index is 0.00861. The van der Waals surface area contributed by atoms with Crippen LogP contribution in [0.3, 0.4) is 0 Å². The van der Waals surface area contributed by atoms with Crippen LogP contribution in [-0.4, -0.2) is 14.8 Å². The standard InChI is InChI=1S/C92H92BN3Si/c1-88(2,3)65-39-47-70(48-40-65)94(71-49-41-66(42-50-71)89(4,5)6)74-55-57-80-82(61-74)96(87-78(63-29-20-16-21-30-63)37-28-38-79(87)64-31-22-17-23-32-64)83-59-69(92(13,14)15)60-85-86(83)93(80)81-58-56-75(62-84(81)97(85,76-33-24-18-25-34-76)77-35-26-19-27-36-77)95(72-51-43-67(44-52-72)90(7,8)9)73-53-45-68(46-54-73)91(10,11)12/h16-62H,1-15H3. The van der Waals surface area contributed by atoms with Crippen molar-refractivity contribution in [1.29, 1.82) is 0 Å². The fraction of sp³-hybridized carbons (Fsp3) is 0.217. The lowest BCUT2D eigenvalue weighted by molar-refractivity contribution is 0.590. The Balaban J connectivity index is 1.14. The highest BCUT2D eigenvalue weighted by Crippen LogP contribution is 2.50. The van der Waals surface area contributed by atoms with Gasteiger partial charge in [-0.2, -0.15) is 0 Å². The molecule has 12 aromatic rings. The van der Waals surface area contributed by atoms with E-state index in [1.807, 2.05) is 0 Å². The molecule has 0 saturated carbocycles. The van der Waals surface area contributed by atoms with Gasteiger partial charge in [-0.15, -0.1) is 0 Å². The van der Waals surface area contributed by atoms with Crippen LogP contribution in [-0.2, 0) is 27.1 Å². The van der Waals surface area contributed by atoms with Crippen LogP contribution >= 0.6 is 0 Å². The first-order valence-electron chi connectivity index (χ1n) is 34.9. The second-order valence-electron chi connectivity index (χ2n) is 32.3. The topological polar surface area (TPSA) is 9.72 Å². The summed E-state index contributed by atoms with van der Waals surface area (Å²) in [5.41, 5.74) is 25.0. The van der Waals surface area contributed by atoms with Crippen molar-refractivity contribution in [1.82, 2.24) is 0 Å². The maximum atomic E-state index is 2.73. The number of fused-ring (bicyclic) bond motifs is 4. The predicted molar refractivity (Wildman–Crippen MR) is 423 cm³/mol.